The quantitative estimate of drug-likeness (QED) is 0.626. The number of ether oxygens (including phenoxy) is 1. The highest BCUT2D eigenvalue weighted by atomic mass is 19.4. The van der Waals surface area contributed by atoms with Crippen molar-refractivity contribution in [3.05, 3.63) is 59.7 Å². The van der Waals surface area contributed by atoms with Gasteiger partial charge < -0.3 is 20.1 Å². The third-order valence-electron chi connectivity index (χ3n) is 4.79. The van der Waals surface area contributed by atoms with Gasteiger partial charge >= 0.3 is 6.18 Å². The van der Waals surface area contributed by atoms with E-state index in [1.807, 2.05) is 0 Å². The van der Waals surface area contributed by atoms with Crippen LogP contribution in [0.5, 0.6) is 5.75 Å². The highest BCUT2D eigenvalue weighted by molar-refractivity contribution is 6.00. The average Bonchev–Trinajstić information content (AvgIpc) is 3.11. The average molecular weight is 458 g/mol. The van der Waals surface area contributed by atoms with Crippen molar-refractivity contribution in [1.82, 2.24) is 5.32 Å². The maximum atomic E-state index is 13.4. The van der Waals surface area contributed by atoms with E-state index in [4.69, 9.17) is 4.74 Å². The number of carbonyl (C=O) groups is 2. The number of nitrogens with one attached hydrogen (secondary N) is 1. The van der Waals surface area contributed by atoms with E-state index >= 15 is 0 Å². The number of carbonyl (C=O) groups excluding carboxylic acids is 2. The van der Waals surface area contributed by atoms with Crippen LogP contribution in [-0.2, 0) is 15.8 Å². The Kier molecular flexibility index (Phi) is 6.97. The number of rotatable bonds is 7. The number of aliphatic hydroxyl groups excluding tert-OH is 1. The number of hydrogen-bond donors (Lipinski definition) is 2. The lowest BCUT2D eigenvalue weighted by Crippen LogP contribution is -2.39. The molecule has 1 fully saturated rings. The second-order valence-corrected chi connectivity index (χ2v) is 7.27. The van der Waals surface area contributed by atoms with Gasteiger partial charge in [0, 0.05) is 31.3 Å². The zero-order valence-electron chi connectivity index (χ0n) is 16.5. The molecule has 2 atom stereocenters. The molecular weight excluding hydrogens is 439 g/mol. The molecule has 1 saturated heterocycles. The normalized spacial score (nSPS) is 17.4. The van der Waals surface area contributed by atoms with Crippen molar-refractivity contribution < 1.29 is 41.4 Å². The molecule has 2 amide bonds. The molecule has 6 nitrogen and oxygen atoms in total. The summed E-state index contributed by atoms with van der Waals surface area (Å²) in [5.74, 6) is -3.37. The van der Waals surface area contributed by atoms with Crippen LogP contribution in [0.2, 0.25) is 0 Å². The monoisotopic (exact) mass is 458 g/mol. The van der Waals surface area contributed by atoms with Gasteiger partial charge in [-0.25, -0.2) is 8.78 Å². The van der Waals surface area contributed by atoms with Gasteiger partial charge in [-0.1, -0.05) is 0 Å². The van der Waals surface area contributed by atoms with Gasteiger partial charge in [-0.3, -0.25) is 9.59 Å². The fraction of sp³-hybridized carbons (Fsp3) is 0.333. The third-order valence-corrected chi connectivity index (χ3v) is 4.79. The standard InChI is InChI=1S/C21H19F5N2O4/c22-14-6-15(23)8-16(7-14)28-10-12(5-19(28)30)20(31)27-9-17(29)11-32-18-3-1-13(2-4-18)21(24,25)26/h1-4,6-8,12,17,29H,5,9-11H2,(H,27,31). The molecule has 32 heavy (non-hydrogen) atoms. The molecule has 2 aromatic rings. The predicted octanol–water partition coefficient (Wildman–Crippen LogP) is 2.89. The molecule has 2 N–H and O–H groups in total. The number of anilines is 1. The fourth-order valence-corrected chi connectivity index (χ4v) is 3.18. The molecule has 1 aliphatic heterocycles. The number of amides is 2. The van der Waals surface area contributed by atoms with Crippen molar-refractivity contribution in [2.75, 3.05) is 24.6 Å². The van der Waals surface area contributed by atoms with Crippen LogP contribution in [-0.4, -0.2) is 42.7 Å². The van der Waals surface area contributed by atoms with Crippen molar-refractivity contribution in [2.45, 2.75) is 18.7 Å². The van der Waals surface area contributed by atoms with Gasteiger partial charge in [0.15, 0.2) is 0 Å². The van der Waals surface area contributed by atoms with Crippen LogP contribution in [0.15, 0.2) is 42.5 Å². The first-order chi connectivity index (χ1) is 15.0. The molecule has 0 spiro atoms. The SMILES string of the molecule is O=C(NCC(O)COc1ccc(C(F)(F)F)cc1)C1CC(=O)N(c2cc(F)cc(F)c2)C1. The lowest BCUT2D eigenvalue weighted by atomic mass is 10.1. The van der Waals surface area contributed by atoms with Crippen LogP contribution < -0.4 is 15.0 Å². The van der Waals surface area contributed by atoms with E-state index in [1.165, 1.54) is 0 Å². The molecule has 2 unspecified atom stereocenters. The third kappa shape index (κ3) is 5.94. The van der Waals surface area contributed by atoms with E-state index in [2.05, 4.69) is 5.32 Å². The van der Waals surface area contributed by atoms with Gasteiger partial charge in [0.1, 0.15) is 30.1 Å². The highest BCUT2D eigenvalue weighted by Gasteiger charge is 2.35. The van der Waals surface area contributed by atoms with Crippen LogP contribution in [0, 0.1) is 17.6 Å². The highest BCUT2D eigenvalue weighted by Crippen LogP contribution is 2.30. The molecule has 0 radical (unpaired) electrons. The van der Waals surface area contributed by atoms with Crippen LogP contribution in [0.3, 0.4) is 0 Å². The number of aliphatic hydroxyl groups is 1. The number of nitrogens with zero attached hydrogens (tertiary/aromatic N) is 1. The molecule has 1 heterocycles. The number of benzene rings is 2. The maximum Gasteiger partial charge on any atom is 0.416 e. The lowest BCUT2D eigenvalue weighted by molar-refractivity contribution is -0.137. The van der Waals surface area contributed by atoms with E-state index in [9.17, 15) is 36.6 Å². The van der Waals surface area contributed by atoms with Crippen LogP contribution in [0.1, 0.15) is 12.0 Å². The van der Waals surface area contributed by atoms with E-state index in [0.29, 0.717) is 6.07 Å². The summed E-state index contributed by atoms with van der Waals surface area (Å²) >= 11 is 0. The van der Waals surface area contributed by atoms with Crippen LogP contribution in [0.4, 0.5) is 27.6 Å². The summed E-state index contributed by atoms with van der Waals surface area (Å²) < 4.78 is 69.6. The second kappa shape index (κ2) is 9.51. The molecular formula is C21H19F5N2O4. The van der Waals surface area contributed by atoms with Gasteiger partial charge in [0.05, 0.1) is 11.5 Å². The molecule has 0 aromatic heterocycles. The predicted molar refractivity (Wildman–Crippen MR) is 103 cm³/mol. The van der Waals surface area contributed by atoms with E-state index in [-0.39, 0.29) is 37.6 Å². The lowest BCUT2D eigenvalue weighted by Gasteiger charge is -2.18. The summed E-state index contributed by atoms with van der Waals surface area (Å²) in [6, 6.07) is 6.56. The molecule has 2 aromatic carbocycles. The smallest absolute Gasteiger partial charge is 0.416 e. The molecule has 0 saturated carbocycles. The van der Waals surface area contributed by atoms with Gasteiger partial charge in [-0.15, -0.1) is 0 Å². The number of alkyl halides is 3. The number of hydrogen-bond acceptors (Lipinski definition) is 4. The van der Waals surface area contributed by atoms with Crippen molar-refractivity contribution in [3.8, 4) is 5.75 Å². The molecule has 3 rings (SSSR count). The Balaban J connectivity index is 1.46. The van der Waals surface area contributed by atoms with Gasteiger partial charge in [-0.2, -0.15) is 13.2 Å². The Morgan fingerprint density at radius 3 is 2.38 bits per heavy atom. The molecule has 172 valence electrons. The first kappa shape index (κ1) is 23.5. The van der Waals surface area contributed by atoms with E-state index in [1.54, 1.807) is 0 Å². The van der Waals surface area contributed by atoms with Gasteiger partial charge in [0.25, 0.3) is 0 Å². The minimum atomic E-state index is -4.47. The van der Waals surface area contributed by atoms with Gasteiger partial charge in [-0.05, 0) is 36.4 Å². The number of halogens is 5. The molecule has 0 bridgehead atoms. The van der Waals surface area contributed by atoms with Crippen molar-refractivity contribution in [3.63, 3.8) is 0 Å². The summed E-state index contributed by atoms with van der Waals surface area (Å²) in [4.78, 5) is 25.6. The zero-order chi connectivity index (χ0) is 23.5. The van der Waals surface area contributed by atoms with Gasteiger partial charge in [0.2, 0.25) is 11.8 Å². The Hall–Kier alpha value is -3.21. The Morgan fingerprint density at radius 2 is 1.78 bits per heavy atom. The van der Waals surface area contributed by atoms with Crippen LogP contribution in [0.25, 0.3) is 0 Å². The molecule has 11 heteroatoms. The Bertz CT molecular complexity index is 961. The second-order valence-electron chi connectivity index (χ2n) is 7.27. The Morgan fingerprint density at radius 1 is 1.16 bits per heavy atom. The Labute approximate surface area is 179 Å². The fourth-order valence-electron chi connectivity index (χ4n) is 3.18. The summed E-state index contributed by atoms with van der Waals surface area (Å²) in [6.45, 7) is -0.589. The molecule has 1 aliphatic rings. The minimum Gasteiger partial charge on any atom is -0.491 e. The van der Waals surface area contributed by atoms with E-state index < -0.39 is 47.2 Å². The first-order valence-electron chi connectivity index (χ1n) is 9.55. The first-order valence-corrected chi connectivity index (χ1v) is 9.55. The van der Waals surface area contributed by atoms with Crippen molar-refractivity contribution >= 4 is 17.5 Å². The summed E-state index contributed by atoms with van der Waals surface area (Å²) in [6.07, 6.45) is -5.79. The summed E-state index contributed by atoms with van der Waals surface area (Å²) in [5, 5.41) is 12.4. The van der Waals surface area contributed by atoms with Crippen LogP contribution >= 0.6 is 0 Å². The molecule has 0 aliphatic carbocycles. The zero-order valence-corrected chi connectivity index (χ0v) is 16.5. The largest absolute Gasteiger partial charge is 0.491 e. The summed E-state index contributed by atoms with van der Waals surface area (Å²) in [5.41, 5.74) is -0.827. The maximum absolute atomic E-state index is 13.4. The summed E-state index contributed by atoms with van der Waals surface area (Å²) in [7, 11) is 0. The minimum absolute atomic E-state index is 0.00720. The topological polar surface area (TPSA) is 78.9 Å². The van der Waals surface area contributed by atoms with Crippen molar-refractivity contribution in [1.29, 1.82) is 0 Å². The van der Waals surface area contributed by atoms with Crippen molar-refractivity contribution in [2.24, 2.45) is 5.92 Å². The van der Waals surface area contributed by atoms with E-state index in [0.717, 1.165) is 41.3 Å².